The predicted octanol–water partition coefficient (Wildman–Crippen LogP) is 3.13. The van der Waals surface area contributed by atoms with E-state index in [1.807, 2.05) is 36.2 Å². The molecule has 1 heterocycles. The minimum Gasteiger partial charge on any atom is -0.387 e. The van der Waals surface area contributed by atoms with E-state index >= 15 is 0 Å². The van der Waals surface area contributed by atoms with Crippen molar-refractivity contribution in [1.29, 1.82) is 0 Å². The number of aliphatic hydroxyl groups is 1. The van der Waals surface area contributed by atoms with Crippen LogP contribution in [0.3, 0.4) is 0 Å². The smallest absolute Gasteiger partial charge is 0.138 e. The zero-order chi connectivity index (χ0) is 17.8. The van der Waals surface area contributed by atoms with Gasteiger partial charge in [-0.3, -0.25) is 4.90 Å². The maximum atomic E-state index is 13.3. The molecule has 3 aromatic rings. The van der Waals surface area contributed by atoms with Gasteiger partial charge in [-0.15, -0.1) is 0 Å². The second kappa shape index (κ2) is 7.55. The summed E-state index contributed by atoms with van der Waals surface area (Å²) in [6, 6.07) is 14.2. The lowest BCUT2D eigenvalue weighted by Crippen LogP contribution is -2.27. The molecule has 2 atom stereocenters. The van der Waals surface area contributed by atoms with Gasteiger partial charge >= 0.3 is 0 Å². The highest BCUT2D eigenvalue weighted by molar-refractivity contribution is 5.34. The molecule has 6 heteroatoms. The van der Waals surface area contributed by atoms with Gasteiger partial charge in [-0.25, -0.2) is 14.1 Å². The van der Waals surface area contributed by atoms with Crippen LogP contribution in [0, 0.1) is 5.82 Å². The summed E-state index contributed by atoms with van der Waals surface area (Å²) in [7, 11) is 1.94. The molecule has 0 aliphatic heterocycles. The first-order chi connectivity index (χ1) is 12.0. The van der Waals surface area contributed by atoms with Crippen LogP contribution in [-0.2, 0) is 0 Å². The van der Waals surface area contributed by atoms with Gasteiger partial charge in [-0.1, -0.05) is 24.3 Å². The number of hydrogen-bond donors (Lipinski definition) is 1. The van der Waals surface area contributed by atoms with Crippen molar-refractivity contribution in [2.24, 2.45) is 0 Å². The molecule has 0 bridgehead atoms. The zero-order valence-corrected chi connectivity index (χ0v) is 14.2. The van der Waals surface area contributed by atoms with Crippen LogP contribution in [0.15, 0.2) is 61.2 Å². The Labute approximate surface area is 146 Å². The second-order valence-electron chi connectivity index (χ2n) is 6.12. The van der Waals surface area contributed by atoms with Gasteiger partial charge in [0.1, 0.15) is 18.5 Å². The number of likely N-dealkylation sites (N-methyl/N-ethyl adjacent to an activating group) is 1. The lowest BCUT2D eigenvalue weighted by Gasteiger charge is -2.27. The highest BCUT2D eigenvalue weighted by atomic mass is 19.1. The number of nitrogens with zero attached hydrogens (tertiary/aromatic N) is 4. The van der Waals surface area contributed by atoms with E-state index in [9.17, 15) is 9.50 Å². The van der Waals surface area contributed by atoms with E-state index in [0.29, 0.717) is 12.1 Å². The Morgan fingerprint density at radius 2 is 1.92 bits per heavy atom. The summed E-state index contributed by atoms with van der Waals surface area (Å²) >= 11 is 0. The van der Waals surface area contributed by atoms with Gasteiger partial charge in [-0.2, -0.15) is 5.10 Å². The van der Waals surface area contributed by atoms with E-state index in [0.717, 1.165) is 11.3 Å². The Morgan fingerprint density at radius 1 is 1.16 bits per heavy atom. The summed E-state index contributed by atoms with van der Waals surface area (Å²) in [6.45, 7) is 2.48. The van der Waals surface area contributed by atoms with Crippen LogP contribution in [0.1, 0.15) is 30.2 Å². The fourth-order valence-electron chi connectivity index (χ4n) is 2.75. The molecule has 25 heavy (non-hydrogen) atoms. The Bertz CT molecular complexity index is 805. The fraction of sp³-hybridized carbons (Fsp3) is 0.263. The Kier molecular flexibility index (Phi) is 5.21. The van der Waals surface area contributed by atoms with Gasteiger partial charge in [0.05, 0.1) is 11.8 Å². The van der Waals surface area contributed by atoms with Gasteiger partial charge < -0.3 is 5.11 Å². The maximum Gasteiger partial charge on any atom is 0.138 e. The first-order valence-corrected chi connectivity index (χ1v) is 8.13. The zero-order valence-electron chi connectivity index (χ0n) is 14.2. The molecule has 0 spiro atoms. The predicted molar refractivity (Wildman–Crippen MR) is 93.8 cm³/mol. The van der Waals surface area contributed by atoms with Crippen molar-refractivity contribution in [2.75, 3.05) is 13.6 Å². The average molecular weight is 340 g/mol. The Balaban J connectivity index is 1.66. The van der Waals surface area contributed by atoms with E-state index in [-0.39, 0.29) is 11.9 Å². The molecule has 0 amide bonds. The first-order valence-electron chi connectivity index (χ1n) is 8.13. The van der Waals surface area contributed by atoms with Crippen molar-refractivity contribution >= 4 is 0 Å². The van der Waals surface area contributed by atoms with Crippen molar-refractivity contribution < 1.29 is 9.50 Å². The van der Waals surface area contributed by atoms with Crippen LogP contribution < -0.4 is 0 Å². The van der Waals surface area contributed by atoms with E-state index in [4.69, 9.17) is 0 Å². The number of halogens is 1. The van der Waals surface area contributed by atoms with E-state index in [1.165, 1.54) is 18.5 Å². The molecule has 0 aliphatic carbocycles. The summed E-state index contributed by atoms with van der Waals surface area (Å²) in [5.41, 5.74) is 2.65. The number of rotatable bonds is 6. The normalized spacial score (nSPS) is 13.8. The number of aliphatic hydroxyl groups excluding tert-OH is 1. The molecule has 0 saturated heterocycles. The van der Waals surface area contributed by atoms with Crippen molar-refractivity contribution in [3.63, 3.8) is 0 Å². The third kappa shape index (κ3) is 4.10. The van der Waals surface area contributed by atoms with E-state index in [2.05, 4.69) is 17.0 Å². The molecular formula is C19H21FN4O. The monoisotopic (exact) mass is 340 g/mol. The first kappa shape index (κ1) is 17.3. The summed E-state index contributed by atoms with van der Waals surface area (Å²) in [5.74, 6) is -0.337. The standard InChI is InChI=1S/C19H21FN4O/c1-14(15-6-8-18(9-7-15)24-13-21-12-22-24)23(2)11-19(25)16-4-3-5-17(20)10-16/h3-10,12-14,19,25H,11H2,1-2H3. The average Bonchev–Trinajstić information content (AvgIpc) is 3.16. The molecule has 5 nitrogen and oxygen atoms in total. The molecule has 1 aromatic heterocycles. The molecule has 0 fully saturated rings. The van der Waals surface area contributed by atoms with Crippen LogP contribution in [0.5, 0.6) is 0 Å². The minimum atomic E-state index is -0.738. The topological polar surface area (TPSA) is 54.2 Å². The number of hydrogen-bond acceptors (Lipinski definition) is 4. The van der Waals surface area contributed by atoms with Crippen molar-refractivity contribution in [3.8, 4) is 5.69 Å². The summed E-state index contributed by atoms with van der Waals surface area (Å²) in [5, 5.41) is 14.5. The fourth-order valence-corrected chi connectivity index (χ4v) is 2.75. The van der Waals surface area contributed by atoms with Crippen molar-refractivity contribution in [3.05, 3.63) is 78.1 Å². The van der Waals surface area contributed by atoms with Gasteiger partial charge in [0, 0.05) is 12.6 Å². The molecule has 2 aromatic carbocycles. The van der Waals surface area contributed by atoms with Crippen LogP contribution in [0.4, 0.5) is 4.39 Å². The van der Waals surface area contributed by atoms with Gasteiger partial charge in [-0.05, 0) is 49.4 Å². The lowest BCUT2D eigenvalue weighted by atomic mass is 10.0. The Morgan fingerprint density at radius 3 is 2.56 bits per heavy atom. The molecule has 0 saturated carbocycles. The summed E-state index contributed by atoms with van der Waals surface area (Å²) in [6.07, 6.45) is 2.41. The van der Waals surface area contributed by atoms with Crippen molar-refractivity contribution in [2.45, 2.75) is 19.1 Å². The molecular weight excluding hydrogens is 319 g/mol. The highest BCUT2D eigenvalue weighted by Crippen LogP contribution is 2.23. The molecule has 0 radical (unpaired) electrons. The van der Waals surface area contributed by atoms with Crippen LogP contribution in [-0.4, -0.2) is 38.4 Å². The summed E-state index contributed by atoms with van der Waals surface area (Å²) < 4.78 is 15.0. The largest absolute Gasteiger partial charge is 0.387 e. The van der Waals surface area contributed by atoms with Crippen molar-refractivity contribution in [1.82, 2.24) is 19.7 Å². The molecule has 2 unspecified atom stereocenters. The molecule has 0 aliphatic rings. The van der Waals surface area contributed by atoms with E-state index in [1.54, 1.807) is 23.1 Å². The number of aromatic nitrogens is 3. The molecule has 130 valence electrons. The molecule has 1 N–H and O–H groups in total. The lowest BCUT2D eigenvalue weighted by molar-refractivity contribution is 0.108. The van der Waals surface area contributed by atoms with Crippen LogP contribution in [0.25, 0.3) is 5.69 Å². The third-order valence-electron chi connectivity index (χ3n) is 4.41. The highest BCUT2D eigenvalue weighted by Gasteiger charge is 2.17. The second-order valence-corrected chi connectivity index (χ2v) is 6.12. The SMILES string of the molecule is CC(c1ccc(-n2cncn2)cc1)N(C)CC(O)c1cccc(F)c1. The van der Waals surface area contributed by atoms with Gasteiger partial charge in [0.25, 0.3) is 0 Å². The van der Waals surface area contributed by atoms with Gasteiger partial charge in [0.15, 0.2) is 0 Å². The van der Waals surface area contributed by atoms with Crippen LogP contribution in [0.2, 0.25) is 0 Å². The van der Waals surface area contributed by atoms with E-state index < -0.39 is 6.10 Å². The Hall–Kier alpha value is -2.57. The summed E-state index contributed by atoms with van der Waals surface area (Å²) in [4.78, 5) is 5.98. The number of benzene rings is 2. The minimum absolute atomic E-state index is 0.105. The third-order valence-corrected chi connectivity index (χ3v) is 4.41. The maximum absolute atomic E-state index is 13.3. The quantitative estimate of drug-likeness (QED) is 0.749. The van der Waals surface area contributed by atoms with Gasteiger partial charge in [0.2, 0.25) is 0 Å². The van der Waals surface area contributed by atoms with Crippen LogP contribution >= 0.6 is 0 Å². The molecule has 3 rings (SSSR count).